The molecule has 3 rings (SSSR count). The minimum absolute atomic E-state index is 0.00348. The predicted molar refractivity (Wildman–Crippen MR) is 85.5 cm³/mol. The number of aryl methyl sites for hydroxylation is 1. The Balaban J connectivity index is 1.75. The first-order chi connectivity index (χ1) is 11.1. The van der Waals surface area contributed by atoms with Gasteiger partial charge >= 0.3 is 0 Å². The first-order valence-corrected chi connectivity index (χ1v) is 8.25. The third-order valence-electron chi connectivity index (χ3n) is 5.07. The Labute approximate surface area is 137 Å². The maximum absolute atomic E-state index is 12.8. The number of fused-ring (bicyclic) bond motifs is 1. The van der Waals surface area contributed by atoms with Crippen molar-refractivity contribution in [1.29, 1.82) is 0 Å². The van der Waals surface area contributed by atoms with Crippen molar-refractivity contribution in [2.45, 2.75) is 25.5 Å². The van der Waals surface area contributed by atoms with Crippen LogP contribution in [0.15, 0.2) is 16.5 Å². The summed E-state index contributed by atoms with van der Waals surface area (Å²) in [7, 11) is 3.49. The van der Waals surface area contributed by atoms with Crippen LogP contribution in [0, 0.1) is 12.8 Å². The molecular weight excluding hydrogens is 296 g/mol. The number of hydrogen-bond acceptors (Lipinski definition) is 5. The summed E-state index contributed by atoms with van der Waals surface area (Å²) in [5.74, 6) is 1.55. The number of nitrogens with zero attached hydrogens (tertiary/aromatic N) is 2. The van der Waals surface area contributed by atoms with Gasteiger partial charge in [0.15, 0.2) is 5.76 Å². The number of furan rings is 1. The van der Waals surface area contributed by atoms with Crippen LogP contribution in [-0.2, 0) is 9.47 Å². The number of carbonyl (C=O) groups is 1. The maximum atomic E-state index is 12.8. The Hall–Kier alpha value is -1.37. The molecule has 0 spiro atoms. The lowest BCUT2D eigenvalue weighted by molar-refractivity contribution is -0.0166. The van der Waals surface area contributed by atoms with E-state index in [0.717, 1.165) is 38.4 Å². The minimum atomic E-state index is -0.00348. The Morgan fingerprint density at radius 3 is 2.83 bits per heavy atom. The summed E-state index contributed by atoms with van der Waals surface area (Å²) in [5.41, 5.74) is 0. The van der Waals surface area contributed by atoms with E-state index >= 15 is 0 Å². The van der Waals surface area contributed by atoms with Crippen LogP contribution in [0.25, 0.3) is 0 Å². The second kappa shape index (κ2) is 7.03. The predicted octanol–water partition coefficient (Wildman–Crippen LogP) is 1.40. The number of rotatable bonds is 5. The molecule has 0 unspecified atom stereocenters. The lowest BCUT2D eigenvalue weighted by Gasteiger charge is -2.40. The highest BCUT2D eigenvalue weighted by Crippen LogP contribution is 2.33. The van der Waals surface area contributed by atoms with Crippen molar-refractivity contribution in [2.75, 3.05) is 47.0 Å². The van der Waals surface area contributed by atoms with Gasteiger partial charge in [-0.1, -0.05) is 0 Å². The maximum Gasteiger partial charge on any atom is 0.289 e. The molecule has 0 bridgehead atoms. The second-order valence-corrected chi connectivity index (χ2v) is 6.46. The molecule has 0 radical (unpaired) electrons. The summed E-state index contributed by atoms with van der Waals surface area (Å²) in [6.07, 6.45) is 1.09. The highest BCUT2D eigenvalue weighted by Gasteiger charge is 2.46. The zero-order valence-corrected chi connectivity index (χ0v) is 14.2. The van der Waals surface area contributed by atoms with Gasteiger partial charge in [0, 0.05) is 46.3 Å². The number of piperidine rings is 1. The van der Waals surface area contributed by atoms with Crippen LogP contribution in [0.4, 0.5) is 0 Å². The molecule has 2 saturated heterocycles. The molecule has 0 saturated carbocycles. The van der Waals surface area contributed by atoms with Gasteiger partial charge in [0.1, 0.15) is 5.76 Å². The first kappa shape index (κ1) is 16.5. The van der Waals surface area contributed by atoms with Crippen LogP contribution in [0.3, 0.4) is 0 Å². The highest BCUT2D eigenvalue weighted by molar-refractivity contribution is 5.92. The summed E-state index contributed by atoms with van der Waals surface area (Å²) < 4.78 is 16.4. The van der Waals surface area contributed by atoms with Gasteiger partial charge in [-0.3, -0.25) is 9.69 Å². The molecule has 6 heteroatoms. The summed E-state index contributed by atoms with van der Waals surface area (Å²) in [6, 6.07) is 3.79. The molecule has 0 N–H and O–H groups in total. The molecule has 0 aromatic carbocycles. The number of hydrogen-bond donors (Lipinski definition) is 0. The number of methoxy groups -OCH3 is 2. The lowest BCUT2D eigenvalue weighted by Crippen LogP contribution is -2.53. The van der Waals surface area contributed by atoms with E-state index in [1.165, 1.54) is 0 Å². The van der Waals surface area contributed by atoms with Crippen molar-refractivity contribution >= 4 is 5.91 Å². The number of carbonyl (C=O) groups excluding carboxylic acids is 1. The normalized spacial score (nSPS) is 28.1. The fraction of sp³-hybridized carbons (Fsp3) is 0.706. The fourth-order valence-electron chi connectivity index (χ4n) is 3.87. The van der Waals surface area contributed by atoms with Crippen LogP contribution < -0.4 is 0 Å². The Morgan fingerprint density at radius 1 is 1.35 bits per heavy atom. The van der Waals surface area contributed by atoms with Gasteiger partial charge in [-0.05, 0) is 25.5 Å². The monoisotopic (exact) mass is 322 g/mol. The van der Waals surface area contributed by atoms with Crippen molar-refractivity contribution in [2.24, 2.45) is 5.92 Å². The van der Waals surface area contributed by atoms with Crippen molar-refractivity contribution in [3.8, 4) is 0 Å². The lowest BCUT2D eigenvalue weighted by atomic mass is 9.89. The van der Waals surface area contributed by atoms with Crippen LogP contribution in [0.5, 0.6) is 0 Å². The topological polar surface area (TPSA) is 55.2 Å². The smallest absolute Gasteiger partial charge is 0.289 e. The molecule has 128 valence electrons. The number of likely N-dealkylation sites (tertiary alicyclic amines) is 2. The molecule has 3 atom stereocenters. The van der Waals surface area contributed by atoms with Crippen LogP contribution in [0.2, 0.25) is 0 Å². The Morgan fingerprint density at radius 2 is 2.17 bits per heavy atom. The molecule has 2 fully saturated rings. The van der Waals surface area contributed by atoms with E-state index < -0.39 is 0 Å². The van der Waals surface area contributed by atoms with Crippen molar-refractivity contribution in [3.63, 3.8) is 0 Å². The van der Waals surface area contributed by atoms with Crippen molar-refractivity contribution in [3.05, 3.63) is 23.7 Å². The van der Waals surface area contributed by atoms with Crippen molar-refractivity contribution < 1.29 is 18.7 Å². The van der Waals surface area contributed by atoms with E-state index in [4.69, 9.17) is 13.9 Å². The molecule has 1 amide bonds. The van der Waals surface area contributed by atoms with Gasteiger partial charge in [-0.2, -0.15) is 0 Å². The van der Waals surface area contributed by atoms with Crippen molar-refractivity contribution in [1.82, 2.24) is 9.80 Å². The van der Waals surface area contributed by atoms with E-state index in [9.17, 15) is 4.79 Å². The molecule has 6 nitrogen and oxygen atoms in total. The fourth-order valence-corrected chi connectivity index (χ4v) is 3.87. The average molecular weight is 322 g/mol. The molecule has 1 aromatic rings. The van der Waals surface area contributed by atoms with E-state index in [2.05, 4.69) is 4.90 Å². The Bertz CT molecular complexity index is 544. The highest BCUT2D eigenvalue weighted by atomic mass is 16.5. The first-order valence-electron chi connectivity index (χ1n) is 8.25. The molecule has 3 heterocycles. The largest absolute Gasteiger partial charge is 0.456 e. The molecule has 2 aliphatic heterocycles. The van der Waals surface area contributed by atoms with Gasteiger partial charge in [-0.25, -0.2) is 0 Å². The van der Waals surface area contributed by atoms with Crippen LogP contribution >= 0.6 is 0 Å². The van der Waals surface area contributed by atoms with E-state index in [1.54, 1.807) is 20.3 Å². The zero-order chi connectivity index (χ0) is 16.4. The van der Waals surface area contributed by atoms with Gasteiger partial charge in [0.25, 0.3) is 5.91 Å². The SMILES string of the molecule is COCCN1C[C@@H]2[C@@H](OC)CCN(C(=O)c3ccc(C)o3)[C@@H]2C1. The summed E-state index contributed by atoms with van der Waals surface area (Å²) >= 11 is 0. The number of amides is 1. The molecule has 2 aliphatic rings. The standard InChI is InChI=1S/C17H26N2O4/c1-12-4-5-16(23-12)17(20)19-7-6-15(22-3)13-10-18(8-9-21-2)11-14(13)19/h4-5,13-15H,6-11H2,1-3H3/t13-,14+,15-/m0/s1. The minimum Gasteiger partial charge on any atom is -0.456 e. The van der Waals surface area contributed by atoms with Gasteiger partial charge < -0.3 is 18.8 Å². The van der Waals surface area contributed by atoms with Gasteiger partial charge in [0.2, 0.25) is 0 Å². The quantitative estimate of drug-likeness (QED) is 0.820. The molecule has 0 aliphatic carbocycles. The van der Waals surface area contributed by atoms with Crippen LogP contribution in [0.1, 0.15) is 22.7 Å². The molecular formula is C17H26N2O4. The average Bonchev–Trinajstić information content (AvgIpc) is 3.17. The second-order valence-electron chi connectivity index (χ2n) is 6.46. The molecule has 23 heavy (non-hydrogen) atoms. The zero-order valence-electron chi connectivity index (χ0n) is 14.2. The van der Waals surface area contributed by atoms with E-state index in [0.29, 0.717) is 18.3 Å². The van der Waals surface area contributed by atoms with Gasteiger partial charge in [-0.15, -0.1) is 0 Å². The summed E-state index contributed by atoms with van der Waals surface area (Å²) in [6.45, 7) is 6.01. The summed E-state index contributed by atoms with van der Waals surface area (Å²) in [4.78, 5) is 17.2. The Kier molecular flexibility index (Phi) is 5.04. The number of ether oxygens (including phenoxy) is 2. The molecule has 1 aromatic heterocycles. The van der Waals surface area contributed by atoms with Crippen LogP contribution in [-0.4, -0.2) is 74.9 Å². The third kappa shape index (κ3) is 3.29. The van der Waals surface area contributed by atoms with E-state index in [-0.39, 0.29) is 18.1 Å². The summed E-state index contributed by atoms with van der Waals surface area (Å²) in [5, 5.41) is 0. The van der Waals surface area contributed by atoms with E-state index in [1.807, 2.05) is 17.9 Å². The van der Waals surface area contributed by atoms with Gasteiger partial charge in [0.05, 0.1) is 18.8 Å². The third-order valence-corrected chi connectivity index (χ3v) is 5.07.